The Kier molecular flexibility index (Phi) is 7.99. The molecule has 0 aliphatic heterocycles. The van der Waals surface area contributed by atoms with E-state index in [1.54, 1.807) is 0 Å². The average Bonchev–Trinajstić information content (AvgIpc) is 2.46. The Morgan fingerprint density at radius 1 is 1.18 bits per heavy atom. The number of esters is 1. The van der Waals surface area contributed by atoms with Crippen molar-refractivity contribution in [3.63, 3.8) is 0 Å². The van der Waals surface area contributed by atoms with Crippen molar-refractivity contribution in [3.8, 4) is 0 Å². The van der Waals surface area contributed by atoms with E-state index >= 15 is 0 Å². The van der Waals surface area contributed by atoms with Crippen LogP contribution in [-0.2, 0) is 16.0 Å². The second kappa shape index (κ2) is 9.49. The highest BCUT2D eigenvalue weighted by molar-refractivity contribution is 5.72. The Hall–Kier alpha value is -1.52. The number of rotatable bonds is 9. The Morgan fingerprint density at radius 3 is 2.45 bits per heavy atom. The average molecular weight is 316 g/mol. The Bertz CT molecular complexity index is 429. The topological polar surface area (TPSA) is 26.3 Å². The molecule has 0 fully saturated rings. The first-order chi connectivity index (χ1) is 10.4. The van der Waals surface area contributed by atoms with Gasteiger partial charge in [0, 0.05) is 12.8 Å². The lowest BCUT2D eigenvalue weighted by Gasteiger charge is -2.16. The molecule has 0 aromatic heterocycles. The van der Waals surface area contributed by atoms with Crippen molar-refractivity contribution >= 4 is 5.97 Å². The third-order valence-corrected chi connectivity index (χ3v) is 3.46. The van der Waals surface area contributed by atoms with Crippen molar-refractivity contribution in [3.05, 3.63) is 35.9 Å². The van der Waals surface area contributed by atoms with E-state index in [0.29, 0.717) is 12.8 Å². The molecule has 124 valence electrons. The standard InChI is InChI=1S/C17H23F3O2/c1-2-7-15(10-6-12-17(18,19)20)16(21)22-13-11-14-8-4-3-5-9-14/h3-5,8-9,15H,2,6-7,10-13H2,1H3. The molecule has 0 aliphatic carbocycles. The monoisotopic (exact) mass is 316 g/mol. The zero-order valence-corrected chi connectivity index (χ0v) is 12.9. The van der Waals surface area contributed by atoms with Gasteiger partial charge in [-0.05, 0) is 24.8 Å². The first-order valence-electron chi connectivity index (χ1n) is 7.69. The number of carbonyl (C=O) groups excluding carboxylic acids is 1. The maximum atomic E-state index is 12.2. The second-order valence-corrected chi connectivity index (χ2v) is 5.40. The lowest BCUT2D eigenvalue weighted by atomic mass is 9.97. The minimum Gasteiger partial charge on any atom is -0.465 e. The number of hydrogen-bond acceptors (Lipinski definition) is 2. The number of carbonyl (C=O) groups is 1. The summed E-state index contributed by atoms with van der Waals surface area (Å²) < 4.78 is 41.7. The summed E-state index contributed by atoms with van der Waals surface area (Å²) in [5, 5.41) is 0. The maximum Gasteiger partial charge on any atom is 0.389 e. The van der Waals surface area contributed by atoms with E-state index in [0.717, 1.165) is 12.0 Å². The van der Waals surface area contributed by atoms with Crippen LogP contribution in [0.2, 0.25) is 0 Å². The molecule has 0 bridgehead atoms. The van der Waals surface area contributed by atoms with Gasteiger partial charge in [0.05, 0.1) is 12.5 Å². The van der Waals surface area contributed by atoms with Crippen LogP contribution < -0.4 is 0 Å². The van der Waals surface area contributed by atoms with E-state index in [2.05, 4.69) is 0 Å². The highest BCUT2D eigenvalue weighted by Gasteiger charge is 2.28. The van der Waals surface area contributed by atoms with Gasteiger partial charge in [-0.25, -0.2) is 0 Å². The van der Waals surface area contributed by atoms with Crippen molar-refractivity contribution in [1.82, 2.24) is 0 Å². The lowest BCUT2D eigenvalue weighted by molar-refractivity contribution is -0.151. The molecule has 1 aromatic carbocycles. The zero-order chi connectivity index (χ0) is 16.4. The molecule has 0 saturated heterocycles. The van der Waals surface area contributed by atoms with Crippen molar-refractivity contribution in [2.45, 2.75) is 51.6 Å². The van der Waals surface area contributed by atoms with Crippen LogP contribution in [0.1, 0.15) is 44.6 Å². The Morgan fingerprint density at radius 2 is 1.86 bits per heavy atom. The molecule has 0 amide bonds. The van der Waals surface area contributed by atoms with Crippen LogP contribution in [0.3, 0.4) is 0 Å². The van der Waals surface area contributed by atoms with Gasteiger partial charge in [0.1, 0.15) is 0 Å². The van der Waals surface area contributed by atoms with Crippen LogP contribution >= 0.6 is 0 Å². The molecule has 1 atom stereocenters. The van der Waals surface area contributed by atoms with Crippen LogP contribution in [0.5, 0.6) is 0 Å². The molecule has 22 heavy (non-hydrogen) atoms. The van der Waals surface area contributed by atoms with Crippen LogP contribution in [0.15, 0.2) is 30.3 Å². The Labute approximate surface area is 129 Å². The number of alkyl halides is 3. The molecule has 0 N–H and O–H groups in total. The van der Waals surface area contributed by atoms with Crippen LogP contribution in [-0.4, -0.2) is 18.8 Å². The number of hydrogen-bond donors (Lipinski definition) is 0. The number of halogens is 3. The van der Waals surface area contributed by atoms with E-state index in [9.17, 15) is 18.0 Å². The summed E-state index contributed by atoms with van der Waals surface area (Å²) in [5.41, 5.74) is 1.07. The third-order valence-electron chi connectivity index (χ3n) is 3.46. The summed E-state index contributed by atoms with van der Waals surface area (Å²) in [6, 6.07) is 9.62. The lowest BCUT2D eigenvalue weighted by Crippen LogP contribution is -2.20. The minimum absolute atomic E-state index is 0.0258. The van der Waals surface area contributed by atoms with Gasteiger partial charge in [-0.2, -0.15) is 13.2 Å². The summed E-state index contributed by atoms with van der Waals surface area (Å²) in [7, 11) is 0. The molecule has 2 nitrogen and oxygen atoms in total. The molecule has 0 spiro atoms. The van der Waals surface area contributed by atoms with Crippen LogP contribution in [0, 0.1) is 5.92 Å². The van der Waals surface area contributed by atoms with E-state index in [4.69, 9.17) is 4.74 Å². The number of ether oxygens (including phenoxy) is 1. The normalized spacial score (nSPS) is 12.9. The van der Waals surface area contributed by atoms with Gasteiger partial charge in [0.2, 0.25) is 0 Å². The van der Waals surface area contributed by atoms with Crippen molar-refractivity contribution in [2.24, 2.45) is 5.92 Å². The molecule has 0 heterocycles. The van der Waals surface area contributed by atoms with E-state index < -0.39 is 18.5 Å². The van der Waals surface area contributed by atoms with Crippen molar-refractivity contribution < 1.29 is 22.7 Å². The molecule has 1 unspecified atom stereocenters. The fourth-order valence-electron chi connectivity index (χ4n) is 2.31. The zero-order valence-electron chi connectivity index (χ0n) is 12.9. The fraction of sp³-hybridized carbons (Fsp3) is 0.588. The van der Waals surface area contributed by atoms with Gasteiger partial charge in [-0.1, -0.05) is 43.7 Å². The molecule has 0 aliphatic rings. The summed E-state index contributed by atoms with van der Waals surface area (Å²) in [6.45, 7) is 2.18. The van der Waals surface area contributed by atoms with E-state index in [1.165, 1.54) is 0 Å². The quantitative estimate of drug-likeness (QED) is 0.604. The Balaban J connectivity index is 2.34. The largest absolute Gasteiger partial charge is 0.465 e. The van der Waals surface area contributed by atoms with E-state index in [-0.39, 0.29) is 25.4 Å². The van der Waals surface area contributed by atoms with Gasteiger partial charge in [-0.15, -0.1) is 0 Å². The van der Waals surface area contributed by atoms with Gasteiger partial charge < -0.3 is 4.74 Å². The van der Waals surface area contributed by atoms with Crippen LogP contribution in [0.4, 0.5) is 13.2 Å². The fourth-order valence-corrected chi connectivity index (χ4v) is 2.31. The summed E-state index contributed by atoms with van der Waals surface area (Å²) >= 11 is 0. The summed E-state index contributed by atoms with van der Waals surface area (Å²) in [4.78, 5) is 12.0. The highest BCUT2D eigenvalue weighted by atomic mass is 19.4. The molecular formula is C17H23F3O2. The number of benzene rings is 1. The maximum absolute atomic E-state index is 12.2. The molecule has 1 rings (SSSR count). The predicted molar refractivity (Wildman–Crippen MR) is 79.4 cm³/mol. The predicted octanol–water partition coefficient (Wildman–Crippen LogP) is 4.92. The first kappa shape index (κ1) is 18.5. The molecule has 1 aromatic rings. The van der Waals surface area contributed by atoms with Gasteiger partial charge in [0.25, 0.3) is 0 Å². The van der Waals surface area contributed by atoms with Crippen molar-refractivity contribution in [2.75, 3.05) is 6.61 Å². The van der Waals surface area contributed by atoms with Gasteiger partial charge >= 0.3 is 12.1 Å². The van der Waals surface area contributed by atoms with Gasteiger partial charge in [0.15, 0.2) is 0 Å². The molecule has 0 saturated carbocycles. The summed E-state index contributed by atoms with van der Waals surface area (Å²) in [5.74, 6) is -0.803. The SMILES string of the molecule is CCCC(CCCC(F)(F)F)C(=O)OCCc1ccccc1. The molecular weight excluding hydrogens is 293 g/mol. The van der Waals surface area contributed by atoms with Crippen LogP contribution in [0.25, 0.3) is 0 Å². The highest BCUT2D eigenvalue weighted by Crippen LogP contribution is 2.25. The minimum atomic E-state index is -4.16. The second-order valence-electron chi connectivity index (χ2n) is 5.40. The van der Waals surface area contributed by atoms with Crippen molar-refractivity contribution in [1.29, 1.82) is 0 Å². The first-order valence-corrected chi connectivity index (χ1v) is 7.69. The van der Waals surface area contributed by atoms with Gasteiger partial charge in [-0.3, -0.25) is 4.79 Å². The molecule has 5 heteroatoms. The smallest absolute Gasteiger partial charge is 0.389 e. The third kappa shape index (κ3) is 8.05. The summed E-state index contributed by atoms with van der Waals surface area (Å²) in [6.07, 6.45) is -2.85. The van der Waals surface area contributed by atoms with E-state index in [1.807, 2.05) is 37.3 Å². The molecule has 0 radical (unpaired) electrons.